The van der Waals surface area contributed by atoms with Crippen LogP contribution in [0.15, 0.2) is 59.5 Å². The Kier molecular flexibility index (Phi) is 6.17. The number of carbonyl (C=O) groups is 1. The monoisotopic (exact) mass is 411 g/mol. The van der Waals surface area contributed by atoms with Gasteiger partial charge in [-0.3, -0.25) is 9.48 Å². The van der Waals surface area contributed by atoms with E-state index in [1.54, 1.807) is 19.1 Å². The smallest absolute Gasteiger partial charge is 0.252 e. The normalized spacial score (nSPS) is 11.4. The Labute approximate surface area is 171 Å². The molecule has 152 valence electrons. The molecular weight excluding hydrogens is 386 g/mol. The van der Waals surface area contributed by atoms with Gasteiger partial charge in [0, 0.05) is 12.2 Å². The van der Waals surface area contributed by atoms with Crippen LogP contribution in [0.2, 0.25) is 0 Å². The lowest BCUT2D eigenvalue weighted by Crippen LogP contribution is -2.25. The molecule has 1 N–H and O–H groups in total. The lowest BCUT2D eigenvalue weighted by atomic mass is 10.1. The Morgan fingerprint density at radius 2 is 1.76 bits per heavy atom. The van der Waals surface area contributed by atoms with Crippen molar-refractivity contribution in [3.05, 3.63) is 82.7 Å². The number of hydrogen-bond donors (Lipinski definition) is 1. The van der Waals surface area contributed by atoms with Gasteiger partial charge in [0.2, 0.25) is 0 Å². The first kappa shape index (κ1) is 20.8. The first-order valence-corrected chi connectivity index (χ1v) is 11.1. The molecule has 1 heterocycles. The number of rotatable bonds is 7. The van der Waals surface area contributed by atoms with Gasteiger partial charge in [0.15, 0.2) is 9.84 Å². The molecular formula is C22H25N3O3S. The van der Waals surface area contributed by atoms with Crippen LogP contribution in [0, 0.1) is 13.8 Å². The topological polar surface area (TPSA) is 81.1 Å². The van der Waals surface area contributed by atoms with Crippen molar-refractivity contribution in [1.82, 2.24) is 15.1 Å². The number of aromatic nitrogens is 2. The van der Waals surface area contributed by atoms with Crippen molar-refractivity contribution in [2.75, 3.05) is 5.75 Å². The van der Waals surface area contributed by atoms with E-state index in [1.807, 2.05) is 48.9 Å². The molecule has 1 aromatic heterocycles. The van der Waals surface area contributed by atoms with Gasteiger partial charge in [-0.25, -0.2) is 8.42 Å². The molecule has 0 aliphatic heterocycles. The van der Waals surface area contributed by atoms with Crippen LogP contribution < -0.4 is 5.32 Å². The molecule has 7 heteroatoms. The summed E-state index contributed by atoms with van der Waals surface area (Å²) in [4.78, 5) is 12.7. The van der Waals surface area contributed by atoms with Crippen molar-refractivity contribution in [3.63, 3.8) is 0 Å². The van der Waals surface area contributed by atoms with E-state index >= 15 is 0 Å². The van der Waals surface area contributed by atoms with Crippen LogP contribution in [0.3, 0.4) is 0 Å². The number of hydrogen-bond acceptors (Lipinski definition) is 4. The number of aryl methyl sites for hydroxylation is 2. The van der Waals surface area contributed by atoms with E-state index in [9.17, 15) is 13.2 Å². The van der Waals surface area contributed by atoms with Crippen LogP contribution in [-0.2, 0) is 22.9 Å². The molecule has 3 rings (SSSR count). The summed E-state index contributed by atoms with van der Waals surface area (Å²) in [5, 5.41) is 7.31. The van der Waals surface area contributed by atoms with Crippen LogP contribution in [0.1, 0.15) is 39.8 Å². The fourth-order valence-electron chi connectivity index (χ4n) is 3.20. The maximum atomic E-state index is 12.6. The van der Waals surface area contributed by atoms with Crippen molar-refractivity contribution < 1.29 is 13.2 Å². The molecule has 2 aromatic carbocycles. The van der Waals surface area contributed by atoms with Crippen LogP contribution >= 0.6 is 0 Å². The maximum absolute atomic E-state index is 12.6. The minimum Gasteiger partial charge on any atom is -0.348 e. The molecule has 0 atom stereocenters. The van der Waals surface area contributed by atoms with Gasteiger partial charge in [0.05, 0.1) is 28.5 Å². The first-order valence-electron chi connectivity index (χ1n) is 9.49. The van der Waals surface area contributed by atoms with Gasteiger partial charge < -0.3 is 5.32 Å². The van der Waals surface area contributed by atoms with Gasteiger partial charge in [0.25, 0.3) is 5.91 Å². The van der Waals surface area contributed by atoms with Gasteiger partial charge in [0.1, 0.15) is 0 Å². The molecule has 0 saturated carbocycles. The van der Waals surface area contributed by atoms with Crippen molar-refractivity contribution >= 4 is 15.7 Å². The van der Waals surface area contributed by atoms with E-state index in [4.69, 9.17) is 0 Å². The lowest BCUT2D eigenvalue weighted by molar-refractivity contribution is 0.0947. The molecule has 0 spiro atoms. The van der Waals surface area contributed by atoms with E-state index < -0.39 is 15.7 Å². The quantitative estimate of drug-likeness (QED) is 0.647. The van der Waals surface area contributed by atoms with Crippen LogP contribution in [0.25, 0.3) is 0 Å². The zero-order valence-corrected chi connectivity index (χ0v) is 17.7. The molecule has 3 aromatic rings. The van der Waals surface area contributed by atoms with Gasteiger partial charge in [-0.2, -0.15) is 5.10 Å². The highest BCUT2D eigenvalue weighted by molar-refractivity contribution is 7.91. The van der Waals surface area contributed by atoms with Crippen LogP contribution in [0.5, 0.6) is 0 Å². The first-order chi connectivity index (χ1) is 13.8. The maximum Gasteiger partial charge on any atom is 0.252 e. The van der Waals surface area contributed by atoms with E-state index in [2.05, 4.69) is 10.4 Å². The van der Waals surface area contributed by atoms with Crippen molar-refractivity contribution in [3.8, 4) is 0 Å². The Bertz CT molecular complexity index is 1130. The summed E-state index contributed by atoms with van der Waals surface area (Å²) in [5.74, 6) is -0.451. The molecule has 0 aliphatic rings. The van der Waals surface area contributed by atoms with E-state index in [1.165, 1.54) is 12.1 Å². The fourth-order valence-corrected chi connectivity index (χ4v) is 4.30. The second kappa shape index (κ2) is 8.61. The van der Waals surface area contributed by atoms with Crippen molar-refractivity contribution in [1.29, 1.82) is 0 Å². The third-order valence-electron chi connectivity index (χ3n) is 4.73. The Morgan fingerprint density at radius 3 is 2.45 bits per heavy atom. The fraction of sp³-hybridized carbons (Fsp3) is 0.273. The molecule has 0 bridgehead atoms. The summed E-state index contributed by atoms with van der Waals surface area (Å²) in [5.41, 5.74) is 4.26. The third kappa shape index (κ3) is 4.92. The lowest BCUT2D eigenvalue weighted by Gasteiger charge is -2.11. The molecule has 0 unspecified atom stereocenters. The molecule has 1 amide bonds. The van der Waals surface area contributed by atoms with Crippen LogP contribution in [-0.4, -0.2) is 29.9 Å². The van der Waals surface area contributed by atoms with E-state index in [0.29, 0.717) is 13.1 Å². The highest BCUT2D eigenvalue weighted by Crippen LogP contribution is 2.17. The van der Waals surface area contributed by atoms with Gasteiger partial charge >= 0.3 is 0 Å². The number of sulfone groups is 1. The summed E-state index contributed by atoms with van der Waals surface area (Å²) in [6.45, 7) is 6.51. The third-order valence-corrected chi connectivity index (χ3v) is 6.51. The van der Waals surface area contributed by atoms with Gasteiger partial charge in [-0.1, -0.05) is 43.3 Å². The van der Waals surface area contributed by atoms with Crippen LogP contribution in [0.4, 0.5) is 0 Å². The van der Waals surface area contributed by atoms with E-state index in [0.717, 1.165) is 22.5 Å². The summed E-state index contributed by atoms with van der Waals surface area (Å²) in [7, 11) is -3.47. The zero-order chi connectivity index (χ0) is 21.0. The molecule has 0 fully saturated rings. The molecule has 0 radical (unpaired) electrons. The van der Waals surface area contributed by atoms with E-state index in [-0.39, 0.29) is 16.2 Å². The number of nitrogens with zero attached hydrogens (tertiary/aromatic N) is 2. The highest BCUT2D eigenvalue weighted by Gasteiger charge is 2.20. The molecule has 0 saturated heterocycles. The summed E-state index contributed by atoms with van der Waals surface area (Å²) in [6, 6.07) is 16.3. The molecule has 6 nitrogen and oxygen atoms in total. The number of benzene rings is 2. The highest BCUT2D eigenvalue weighted by atomic mass is 32.2. The second-order valence-corrected chi connectivity index (χ2v) is 9.23. The summed E-state index contributed by atoms with van der Waals surface area (Å²) in [6.07, 6.45) is 0. The predicted octanol–water partition coefficient (Wildman–Crippen LogP) is 3.27. The average Bonchev–Trinajstić information content (AvgIpc) is 3.03. The molecule has 29 heavy (non-hydrogen) atoms. The largest absolute Gasteiger partial charge is 0.348 e. The van der Waals surface area contributed by atoms with Gasteiger partial charge in [-0.05, 0) is 43.2 Å². The molecule has 0 aliphatic carbocycles. The second-order valence-electron chi connectivity index (χ2n) is 6.99. The van der Waals surface area contributed by atoms with Crippen molar-refractivity contribution in [2.24, 2.45) is 0 Å². The summed E-state index contributed by atoms with van der Waals surface area (Å²) >= 11 is 0. The minimum absolute atomic E-state index is 0.0499. The predicted molar refractivity (Wildman–Crippen MR) is 113 cm³/mol. The van der Waals surface area contributed by atoms with Gasteiger partial charge in [-0.15, -0.1) is 0 Å². The number of nitrogens with one attached hydrogen (secondary N) is 1. The number of amides is 1. The SMILES string of the molecule is CCS(=O)(=O)c1ccccc1C(=O)NCc1cccc(Cn2nc(C)cc2C)c1. The average molecular weight is 412 g/mol. The minimum atomic E-state index is -3.47. The Morgan fingerprint density at radius 1 is 1.03 bits per heavy atom. The van der Waals surface area contributed by atoms with Crippen molar-refractivity contribution in [2.45, 2.75) is 38.8 Å². The summed E-state index contributed by atoms with van der Waals surface area (Å²) < 4.78 is 26.5. The number of carbonyl (C=O) groups excluding carboxylic acids is 1. The zero-order valence-electron chi connectivity index (χ0n) is 16.8. The Hall–Kier alpha value is -2.93. The standard InChI is InChI=1S/C22H25N3O3S/c1-4-29(27,28)21-11-6-5-10-20(21)22(26)23-14-18-8-7-9-19(13-18)15-25-17(3)12-16(2)24-25/h5-13H,4,14-15H2,1-3H3,(H,23,26). The Balaban J connectivity index is 1.73.